The number of nitrogens with one attached hydrogen (secondary N) is 1. The first-order chi connectivity index (χ1) is 8.47. The number of pyridine rings is 1. The van der Waals surface area contributed by atoms with Crippen molar-refractivity contribution in [1.29, 1.82) is 0 Å². The van der Waals surface area contributed by atoms with Crippen molar-refractivity contribution in [3.05, 3.63) is 46.9 Å². The molecular weight excluding hydrogens is 267 g/mol. The molecule has 0 atom stereocenters. The van der Waals surface area contributed by atoms with Gasteiger partial charge in [0, 0.05) is 11.8 Å². The predicted octanol–water partition coefficient (Wildman–Crippen LogP) is 3.48. The lowest BCUT2D eigenvalue weighted by Crippen LogP contribution is -2.01. The highest BCUT2D eigenvalue weighted by molar-refractivity contribution is 6.29. The van der Waals surface area contributed by atoms with Gasteiger partial charge in [-0.05, 0) is 18.2 Å². The Bertz CT molecular complexity index is 584. The average Bonchev–Trinajstić information content (AvgIpc) is 2.29. The van der Waals surface area contributed by atoms with Gasteiger partial charge in [-0.25, -0.2) is 18.2 Å². The molecule has 1 aromatic carbocycles. The molecule has 7 heteroatoms. The molecule has 0 saturated carbocycles. The van der Waals surface area contributed by atoms with Crippen LogP contribution in [-0.2, 0) is 0 Å². The molecule has 1 heterocycles. The minimum absolute atomic E-state index is 0.0977. The van der Waals surface area contributed by atoms with Gasteiger partial charge in [0.2, 0.25) is 0 Å². The van der Waals surface area contributed by atoms with E-state index < -0.39 is 17.5 Å². The van der Waals surface area contributed by atoms with Gasteiger partial charge < -0.3 is 11.1 Å². The van der Waals surface area contributed by atoms with Gasteiger partial charge in [-0.3, -0.25) is 0 Å². The molecular formula is C11H7ClF3N3. The van der Waals surface area contributed by atoms with Crippen LogP contribution in [0.1, 0.15) is 0 Å². The third kappa shape index (κ3) is 2.48. The highest BCUT2D eigenvalue weighted by atomic mass is 35.5. The van der Waals surface area contributed by atoms with Crippen LogP contribution in [0.4, 0.5) is 30.4 Å². The van der Waals surface area contributed by atoms with Crippen molar-refractivity contribution in [3.63, 3.8) is 0 Å². The number of hydrogen-bond acceptors (Lipinski definition) is 3. The van der Waals surface area contributed by atoms with Gasteiger partial charge in [-0.2, -0.15) is 0 Å². The summed E-state index contributed by atoms with van der Waals surface area (Å²) in [5.74, 6) is -4.04. The lowest BCUT2D eigenvalue weighted by molar-refractivity contribution is 0.449. The number of nitrogen functional groups attached to an aromatic ring is 1. The van der Waals surface area contributed by atoms with Crippen molar-refractivity contribution in [2.75, 3.05) is 11.1 Å². The normalized spacial score (nSPS) is 10.4. The SMILES string of the molecule is Nc1cc(Cl)nc(Nc2ccc(F)c(F)c2F)c1. The summed E-state index contributed by atoms with van der Waals surface area (Å²) in [4.78, 5) is 3.81. The van der Waals surface area contributed by atoms with Gasteiger partial charge >= 0.3 is 0 Å². The lowest BCUT2D eigenvalue weighted by atomic mass is 10.2. The summed E-state index contributed by atoms with van der Waals surface area (Å²) < 4.78 is 39.1. The topological polar surface area (TPSA) is 50.9 Å². The third-order valence-corrected chi connectivity index (χ3v) is 2.31. The first-order valence-electron chi connectivity index (χ1n) is 4.81. The average molecular weight is 274 g/mol. The number of hydrogen-bond donors (Lipinski definition) is 2. The number of rotatable bonds is 2. The minimum atomic E-state index is -1.56. The zero-order valence-electron chi connectivity index (χ0n) is 8.85. The van der Waals surface area contributed by atoms with Crippen LogP contribution in [0.2, 0.25) is 5.15 Å². The largest absolute Gasteiger partial charge is 0.399 e. The fourth-order valence-corrected chi connectivity index (χ4v) is 1.56. The number of anilines is 3. The second-order valence-corrected chi connectivity index (χ2v) is 3.84. The maximum atomic E-state index is 13.4. The molecule has 1 aromatic heterocycles. The molecule has 0 unspecified atom stereocenters. The number of benzene rings is 1. The summed E-state index contributed by atoms with van der Waals surface area (Å²) in [5, 5.41) is 2.56. The van der Waals surface area contributed by atoms with E-state index in [0.29, 0.717) is 5.69 Å². The Morgan fingerprint density at radius 2 is 1.83 bits per heavy atom. The van der Waals surface area contributed by atoms with Crippen molar-refractivity contribution >= 4 is 28.8 Å². The number of nitrogens with two attached hydrogens (primary N) is 1. The summed E-state index contributed by atoms with van der Waals surface area (Å²) in [5.41, 5.74) is 5.56. The zero-order valence-corrected chi connectivity index (χ0v) is 9.60. The summed E-state index contributed by atoms with van der Waals surface area (Å²) in [7, 11) is 0. The molecule has 2 rings (SSSR count). The van der Waals surface area contributed by atoms with Gasteiger partial charge in [0.1, 0.15) is 11.0 Å². The molecule has 0 aliphatic carbocycles. The Morgan fingerprint density at radius 1 is 1.11 bits per heavy atom. The first kappa shape index (κ1) is 12.5. The van der Waals surface area contributed by atoms with Crippen LogP contribution in [0.25, 0.3) is 0 Å². The fourth-order valence-electron chi connectivity index (χ4n) is 1.34. The third-order valence-electron chi connectivity index (χ3n) is 2.11. The molecule has 94 valence electrons. The second-order valence-electron chi connectivity index (χ2n) is 3.46. The zero-order chi connectivity index (χ0) is 13.3. The quantitative estimate of drug-likeness (QED) is 0.651. The number of nitrogens with zero attached hydrogens (tertiary/aromatic N) is 1. The van der Waals surface area contributed by atoms with Crippen LogP contribution in [0.3, 0.4) is 0 Å². The molecule has 0 saturated heterocycles. The molecule has 3 nitrogen and oxygen atoms in total. The number of halogens is 4. The van der Waals surface area contributed by atoms with Crippen LogP contribution in [0.5, 0.6) is 0 Å². The van der Waals surface area contributed by atoms with Crippen molar-refractivity contribution in [2.45, 2.75) is 0 Å². The van der Waals surface area contributed by atoms with E-state index in [1.807, 2.05) is 0 Å². The van der Waals surface area contributed by atoms with Crippen molar-refractivity contribution in [3.8, 4) is 0 Å². The van der Waals surface area contributed by atoms with E-state index >= 15 is 0 Å². The van der Waals surface area contributed by atoms with E-state index in [2.05, 4.69) is 10.3 Å². The monoisotopic (exact) mass is 273 g/mol. The van der Waals surface area contributed by atoms with Gasteiger partial charge in [0.05, 0.1) is 5.69 Å². The van der Waals surface area contributed by atoms with Gasteiger partial charge in [-0.1, -0.05) is 11.6 Å². The Morgan fingerprint density at radius 3 is 2.50 bits per heavy atom. The Hall–Kier alpha value is -1.95. The molecule has 0 bridgehead atoms. The molecule has 0 radical (unpaired) electrons. The van der Waals surface area contributed by atoms with Crippen LogP contribution in [0.15, 0.2) is 24.3 Å². The summed E-state index contributed by atoms with van der Waals surface area (Å²) in [6.07, 6.45) is 0. The molecule has 2 aromatic rings. The predicted molar refractivity (Wildman–Crippen MR) is 63.3 cm³/mol. The second kappa shape index (κ2) is 4.73. The molecule has 0 aliphatic heterocycles. The minimum Gasteiger partial charge on any atom is -0.399 e. The van der Waals surface area contributed by atoms with Crippen molar-refractivity contribution < 1.29 is 13.2 Å². The standard InChI is InChI=1S/C11H7ClF3N3/c12-8-3-5(16)4-9(18-8)17-7-2-1-6(13)10(14)11(7)15/h1-4H,(H3,16,17,18). The smallest absolute Gasteiger partial charge is 0.196 e. The molecule has 0 spiro atoms. The summed E-state index contributed by atoms with van der Waals surface area (Å²) >= 11 is 5.65. The molecule has 3 N–H and O–H groups in total. The lowest BCUT2D eigenvalue weighted by Gasteiger charge is -2.08. The Labute approximate surface area is 105 Å². The molecule has 0 aliphatic rings. The van der Waals surface area contributed by atoms with E-state index in [9.17, 15) is 13.2 Å². The van der Waals surface area contributed by atoms with E-state index in [0.717, 1.165) is 12.1 Å². The van der Waals surface area contributed by atoms with Crippen LogP contribution in [-0.4, -0.2) is 4.98 Å². The summed E-state index contributed by atoms with van der Waals surface area (Å²) in [6.45, 7) is 0. The number of aromatic nitrogens is 1. The van der Waals surface area contributed by atoms with E-state index in [-0.39, 0.29) is 16.7 Å². The van der Waals surface area contributed by atoms with E-state index in [1.54, 1.807) is 0 Å². The maximum Gasteiger partial charge on any atom is 0.196 e. The maximum absolute atomic E-state index is 13.4. The van der Waals surface area contributed by atoms with E-state index in [1.165, 1.54) is 12.1 Å². The molecule has 18 heavy (non-hydrogen) atoms. The van der Waals surface area contributed by atoms with Crippen LogP contribution < -0.4 is 11.1 Å². The Kier molecular flexibility index (Phi) is 3.29. The van der Waals surface area contributed by atoms with E-state index in [4.69, 9.17) is 17.3 Å². The first-order valence-corrected chi connectivity index (χ1v) is 5.19. The van der Waals surface area contributed by atoms with Gasteiger partial charge in [0.25, 0.3) is 0 Å². The van der Waals surface area contributed by atoms with Gasteiger partial charge in [0.15, 0.2) is 17.5 Å². The molecule has 0 amide bonds. The fraction of sp³-hybridized carbons (Fsp3) is 0. The van der Waals surface area contributed by atoms with Crippen LogP contribution in [0, 0.1) is 17.5 Å². The Balaban J connectivity index is 2.37. The highest BCUT2D eigenvalue weighted by Gasteiger charge is 2.13. The van der Waals surface area contributed by atoms with Crippen molar-refractivity contribution in [2.24, 2.45) is 0 Å². The molecule has 0 fully saturated rings. The highest BCUT2D eigenvalue weighted by Crippen LogP contribution is 2.24. The van der Waals surface area contributed by atoms with Crippen LogP contribution >= 0.6 is 11.6 Å². The summed E-state index contributed by atoms with van der Waals surface area (Å²) in [6, 6.07) is 4.63. The van der Waals surface area contributed by atoms with Crippen molar-refractivity contribution in [1.82, 2.24) is 4.98 Å². The van der Waals surface area contributed by atoms with Gasteiger partial charge in [-0.15, -0.1) is 0 Å².